The molecule has 0 heterocycles. The largest absolute Gasteiger partial charge is 0.573 e. The summed E-state index contributed by atoms with van der Waals surface area (Å²) in [5.41, 5.74) is 0.707. The Morgan fingerprint density at radius 3 is 2.06 bits per heavy atom. The Hall–Kier alpha value is -3.36. The zero-order valence-corrected chi connectivity index (χ0v) is 18.3. The van der Waals surface area contributed by atoms with Gasteiger partial charge >= 0.3 is 6.36 Å². The first-order chi connectivity index (χ1) is 16.5. The summed E-state index contributed by atoms with van der Waals surface area (Å²) in [5, 5.41) is 0. The Morgan fingerprint density at radius 2 is 1.49 bits per heavy atom. The van der Waals surface area contributed by atoms with Crippen molar-refractivity contribution >= 4 is 5.57 Å². The van der Waals surface area contributed by atoms with Gasteiger partial charge in [0.05, 0.1) is 0 Å². The molecule has 0 bridgehead atoms. The van der Waals surface area contributed by atoms with Gasteiger partial charge in [-0.15, -0.1) is 13.2 Å². The second-order valence-corrected chi connectivity index (χ2v) is 8.18. The van der Waals surface area contributed by atoms with Gasteiger partial charge in [0, 0.05) is 11.1 Å². The molecule has 0 aromatic heterocycles. The topological polar surface area (TPSA) is 9.23 Å². The van der Waals surface area contributed by atoms with Crippen LogP contribution in [0, 0.1) is 29.1 Å². The predicted molar refractivity (Wildman–Crippen MR) is 114 cm³/mol. The highest BCUT2D eigenvalue weighted by atomic mass is 19.4. The van der Waals surface area contributed by atoms with E-state index in [4.69, 9.17) is 0 Å². The SMILES string of the molecule is CCCc1cc(F)c(C2=CCc3c(ccc(-c4cc(F)c(OC(F)(F)F)c(F)c4)c3F)C2)c(F)c1. The highest BCUT2D eigenvalue weighted by molar-refractivity contribution is 5.74. The minimum absolute atomic E-state index is 0.0224. The lowest BCUT2D eigenvalue weighted by molar-refractivity contribution is -0.276. The number of ether oxygens (including phenoxy) is 1. The van der Waals surface area contributed by atoms with Crippen molar-refractivity contribution < 1.29 is 39.9 Å². The average molecular weight is 498 g/mol. The molecule has 3 aromatic rings. The van der Waals surface area contributed by atoms with Gasteiger partial charge in [0.2, 0.25) is 5.75 Å². The maximum Gasteiger partial charge on any atom is 0.573 e. The molecule has 0 fully saturated rings. The van der Waals surface area contributed by atoms with Crippen LogP contribution in [-0.4, -0.2) is 6.36 Å². The van der Waals surface area contributed by atoms with Crippen LogP contribution in [0.1, 0.15) is 35.6 Å². The molecular formula is C26H18F8O. The molecule has 0 saturated carbocycles. The second kappa shape index (κ2) is 9.36. The summed E-state index contributed by atoms with van der Waals surface area (Å²) in [6.45, 7) is 1.89. The van der Waals surface area contributed by atoms with E-state index in [2.05, 4.69) is 4.74 Å². The van der Waals surface area contributed by atoms with Crippen molar-refractivity contribution in [2.75, 3.05) is 0 Å². The van der Waals surface area contributed by atoms with Crippen molar-refractivity contribution in [1.82, 2.24) is 0 Å². The van der Waals surface area contributed by atoms with Gasteiger partial charge in [-0.25, -0.2) is 22.0 Å². The fourth-order valence-corrected chi connectivity index (χ4v) is 4.26. The molecule has 4 rings (SSSR count). The number of rotatable bonds is 5. The lowest BCUT2D eigenvalue weighted by atomic mass is 9.85. The van der Waals surface area contributed by atoms with E-state index >= 15 is 4.39 Å². The molecule has 0 spiro atoms. The molecule has 0 saturated heterocycles. The van der Waals surface area contributed by atoms with Crippen LogP contribution in [0.4, 0.5) is 35.1 Å². The molecule has 1 aliphatic rings. The normalized spacial score (nSPS) is 13.5. The van der Waals surface area contributed by atoms with E-state index in [1.165, 1.54) is 30.3 Å². The zero-order chi connectivity index (χ0) is 25.5. The predicted octanol–water partition coefficient (Wildman–Crippen LogP) is 8.08. The van der Waals surface area contributed by atoms with Crippen molar-refractivity contribution in [3.63, 3.8) is 0 Å². The Balaban J connectivity index is 1.67. The van der Waals surface area contributed by atoms with E-state index in [1.807, 2.05) is 6.92 Å². The van der Waals surface area contributed by atoms with Gasteiger partial charge in [-0.2, -0.15) is 0 Å². The van der Waals surface area contributed by atoms with Crippen LogP contribution in [0.15, 0.2) is 42.5 Å². The molecule has 1 nitrogen and oxygen atoms in total. The van der Waals surface area contributed by atoms with Crippen LogP contribution >= 0.6 is 0 Å². The summed E-state index contributed by atoms with van der Waals surface area (Å²) in [4.78, 5) is 0. The smallest absolute Gasteiger partial charge is 0.399 e. The number of aryl methyl sites for hydroxylation is 1. The lowest BCUT2D eigenvalue weighted by Crippen LogP contribution is -2.19. The van der Waals surface area contributed by atoms with E-state index < -0.39 is 41.2 Å². The summed E-state index contributed by atoms with van der Waals surface area (Å²) in [5.74, 6) is -7.19. The molecule has 0 amide bonds. The van der Waals surface area contributed by atoms with Crippen LogP contribution in [0.25, 0.3) is 16.7 Å². The van der Waals surface area contributed by atoms with E-state index in [0.29, 0.717) is 35.3 Å². The third-order valence-corrected chi connectivity index (χ3v) is 5.76. The van der Waals surface area contributed by atoms with Crippen LogP contribution in [-0.2, 0) is 19.3 Å². The van der Waals surface area contributed by atoms with Gasteiger partial charge < -0.3 is 4.74 Å². The van der Waals surface area contributed by atoms with Crippen LogP contribution in [0.5, 0.6) is 5.75 Å². The van der Waals surface area contributed by atoms with E-state index in [1.54, 1.807) is 0 Å². The van der Waals surface area contributed by atoms with Crippen LogP contribution < -0.4 is 4.74 Å². The Morgan fingerprint density at radius 1 is 0.857 bits per heavy atom. The molecule has 1 aliphatic carbocycles. The monoisotopic (exact) mass is 498 g/mol. The van der Waals surface area contributed by atoms with Gasteiger partial charge in [-0.05, 0) is 71.4 Å². The van der Waals surface area contributed by atoms with E-state index in [-0.39, 0.29) is 35.1 Å². The number of hydrogen-bond donors (Lipinski definition) is 0. The highest BCUT2D eigenvalue weighted by Crippen LogP contribution is 2.38. The molecule has 0 unspecified atom stereocenters. The molecule has 9 heteroatoms. The van der Waals surface area contributed by atoms with Crippen molar-refractivity contribution in [3.05, 3.63) is 93.8 Å². The molecular weight excluding hydrogens is 480 g/mol. The third kappa shape index (κ3) is 5.04. The molecule has 184 valence electrons. The maximum atomic E-state index is 15.3. The number of allylic oxidation sites excluding steroid dienone is 2. The fourth-order valence-electron chi connectivity index (χ4n) is 4.26. The Bertz CT molecular complexity index is 1280. The average Bonchev–Trinajstić information content (AvgIpc) is 2.75. The Labute approximate surface area is 195 Å². The van der Waals surface area contributed by atoms with Gasteiger partial charge in [0.15, 0.2) is 11.6 Å². The first-order valence-electron chi connectivity index (χ1n) is 10.7. The Kier molecular flexibility index (Phi) is 6.62. The number of hydrogen-bond acceptors (Lipinski definition) is 1. The second-order valence-electron chi connectivity index (χ2n) is 8.18. The standard InChI is InChI=1S/C26H18F8O/c1-2-3-13-8-19(27)23(20(28)9-13)15-5-7-17-14(10-15)4-6-18(24(17)31)16-11-21(29)25(22(30)12-16)35-26(32,33)34/h4-6,8-9,11-12H,2-3,7,10H2,1H3. The quantitative estimate of drug-likeness (QED) is 0.323. The molecule has 3 aromatic carbocycles. The summed E-state index contributed by atoms with van der Waals surface area (Å²) in [6.07, 6.45) is -2.60. The van der Waals surface area contributed by atoms with E-state index in [9.17, 15) is 30.7 Å². The molecule has 35 heavy (non-hydrogen) atoms. The maximum absolute atomic E-state index is 15.3. The van der Waals surface area contributed by atoms with Crippen LogP contribution in [0.3, 0.4) is 0 Å². The molecule has 0 radical (unpaired) electrons. The highest BCUT2D eigenvalue weighted by Gasteiger charge is 2.34. The minimum atomic E-state index is -5.31. The van der Waals surface area contributed by atoms with Crippen molar-refractivity contribution in [3.8, 4) is 16.9 Å². The van der Waals surface area contributed by atoms with Gasteiger partial charge in [0.1, 0.15) is 17.5 Å². The van der Waals surface area contributed by atoms with E-state index in [0.717, 1.165) is 6.42 Å². The summed E-state index contributed by atoms with van der Waals surface area (Å²) in [6, 6.07) is 6.31. The summed E-state index contributed by atoms with van der Waals surface area (Å²) >= 11 is 0. The van der Waals surface area contributed by atoms with Crippen molar-refractivity contribution in [2.24, 2.45) is 0 Å². The van der Waals surface area contributed by atoms with Crippen molar-refractivity contribution in [2.45, 2.75) is 39.0 Å². The van der Waals surface area contributed by atoms with Gasteiger partial charge in [0.25, 0.3) is 0 Å². The van der Waals surface area contributed by atoms with Crippen LogP contribution in [0.2, 0.25) is 0 Å². The summed E-state index contributed by atoms with van der Waals surface area (Å²) in [7, 11) is 0. The summed E-state index contributed by atoms with van der Waals surface area (Å²) < 4.78 is 113. The van der Waals surface area contributed by atoms with Crippen molar-refractivity contribution in [1.29, 1.82) is 0 Å². The molecule has 0 N–H and O–H groups in total. The first kappa shape index (κ1) is 24.8. The molecule has 0 atom stereocenters. The minimum Gasteiger partial charge on any atom is -0.399 e. The number of halogens is 8. The number of benzene rings is 3. The lowest BCUT2D eigenvalue weighted by Gasteiger charge is -2.21. The number of alkyl halides is 3. The van der Waals surface area contributed by atoms with Gasteiger partial charge in [-0.3, -0.25) is 0 Å². The molecule has 0 aliphatic heterocycles. The fraction of sp³-hybridized carbons (Fsp3) is 0.231. The zero-order valence-electron chi connectivity index (χ0n) is 18.3. The number of fused-ring (bicyclic) bond motifs is 1. The third-order valence-electron chi connectivity index (χ3n) is 5.76. The first-order valence-corrected chi connectivity index (χ1v) is 10.7. The van der Waals surface area contributed by atoms with Gasteiger partial charge in [-0.1, -0.05) is 31.6 Å².